The molecule has 0 unspecified atom stereocenters. The molecule has 24 heavy (non-hydrogen) atoms. The minimum Gasteiger partial charge on any atom is -0.375 e. The first kappa shape index (κ1) is 16.2. The summed E-state index contributed by atoms with van der Waals surface area (Å²) >= 11 is 0. The molecule has 0 heterocycles. The van der Waals surface area contributed by atoms with Crippen LogP contribution >= 0.6 is 0 Å². The maximum Gasteiger partial charge on any atom is 0.189 e. The van der Waals surface area contributed by atoms with Crippen LogP contribution in [0.3, 0.4) is 0 Å². The van der Waals surface area contributed by atoms with Crippen molar-refractivity contribution in [1.29, 1.82) is 0 Å². The third kappa shape index (κ3) is 2.90. The summed E-state index contributed by atoms with van der Waals surface area (Å²) in [7, 11) is 2.08. The Labute approximate surface area is 143 Å². The quantitative estimate of drug-likeness (QED) is 0.820. The molecule has 2 aromatic carbocycles. The number of hydrogen-bond acceptors (Lipinski definition) is 3. The van der Waals surface area contributed by atoms with Gasteiger partial charge in [0.1, 0.15) is 0 Å². The molecule has 3 rings (SSSR count). The van der Waals surface area contributed by atoms with Crippen LogP contribution in [0.25, 0.3) is 0 Å². The van der Waals surface area contributed by atoms with Crippen molar-refractivity contribution in [2.75, 3.05) is 18.5 Å². The zero-order chi connectivity index (χ0) is 17.3. The fraction of sp³-hybridized carbons (Fsp3) is 0.238. The van der Waals surface area contributed by atoms with Gasteiger partial charge in [0.25, 0.3) is 0 Å². The average molecular weight is 318 g/mol. The van der Waals surface area contributed by atoms with Crippen molar-refractivity contribution >= 4 is 22.9 Å². The number of carbonyl (C=O) groups excluding carboxylic acids is 1. The highest BCUT2D eigenvalue weighted by Crippen LogP contribution is 2.28. The summed E-state index contributed by atoms with van der Waals surface area (Å²) in [6.45, 7) is 7.01. The minimum absolute atomic E-state index is 0.0844. The Hall–Kier alpha value is -2.68. The maximum absolute atomic E-state index is 12.3. The third-order valence-electron chi connectivity index (χ3n) is 4.50. The fourth-order valence-corrected chi connectivity index (χ4v) is 2.87. The molecule has 0 N–H and O–H groups in total. The van der Waals surface area contributed by atoms with Crippen molar-refractivity contribution in [3.63, 3.8) is 0 Å². The van der Waals surface area contributed by atoms with Gasteiger partial charge in [0.05, 0.1) is 11.4 Å². The number of carbonyl (C=O) groups is 1. The van der Waals surface area contributed by atoms with Gasteiger partial charge in [-0.15, -0.1) is 0 Å². The molecule has 2 aromatic rings. The van der Waals surface area contributed by atoms with E-state index < -0.39 is 0 Å². The molecule has 3 nitrogen and oxygen atoms in total. The first-order valence-corrected chi connectivity index (χ1v) is 8.24. The molecule has 0 amide bonds. The Morgan fingerprint density at radius 2 is 1.75 bits per heavy atom. The molecule has 0 aliphatic heterocycles. The van der Waals surface area contributed by atoms with E-state index in [1.165, 1.54) is 5.69 Å². The number of hydrogen-bond donors (Lipinski definition) is 0. The second kappa shape index (κ2) is 6.44. The van der Waals surface area contributed by atoms with Crippen LogP contribution in [0.1, 0.15) is 35.3 Å². The standard InChI is InChI=1S/C21H22N2O/c1-5-23(4)16-10-11-19(14(2)12-16)22-20-13-15(3)21(24)18-9-7-6-8-17(18)20/h6-13H,5H2,1-4H3. The SMILES string of the molecule is CCN(C)c1ccc(N=C2C=C(C)C(=O)c3ccccc32)c(C)c1. The predicted octanol–water partition coefficient (Wildman–Crippen LogP) is 4.71. The average Bonchev–Trinajstić information content (AvgIpc) is 2.60. The highest BCUT2D eigenvalue weighted by Gasteiger charge is 2.21. The van der Waals surface area contributed by atoms with E-state index in [4.69, 9.17) is 4.99 Å². The number of allylic oxidation sites excluding steroid dienone is 2. The van der Waals surface area contributed by atoms with Crippen LogP contribution in [0.2, 0.25) is 0 Å². The summed E-state index contributed by atoms with van der Waals surface area (Å²) in [5.41, 5.74) is 6.46. The summed E-state index contributed by atoms with van der Waals surface area (Å²) < 4.78 is 0. The van der Waals surface area contributed by atoms with E-state index in [2.05, 4.69) is 37.9 Å². The van der Waals surface area contributed by atoms with Crippen LogP contribution in [-0.4, -0.2) is 25.1 Å². The van der Waals surface area contributed by atoms with E-state index in [1.807, 2.05) is 43.3 Å². The molecule has 3 heteroatoms. The van der Waals surface area contributed by atoms with Crippen molar-refractivity contribution in [2.24, 2.45) is 4.99 Å². The summed E-state index contributed by atoms with van der Waals surface area (Å²) in [4.78, 5) is 19.3. The van der Waals surface area contributed by atoms with Crippen LogP contribution in [0.15, 0.2) is 59.1 Å². The van der Waals surface area contributed by atoms with E-state index in [1.54, 1.807) is 0 Å². The number of aliphatic imine (C=N–C) groups is 1. The number of ketones is 1. The molecule has 0 saturated carbocycles. The normalized spacial score (nSPS) is 15.2. The fourth-order valence-electron chi connectivity index (χ4n) is 2.87. The zero-order valence-electron chi connectivity index (χ0n) is 14.6. The first-order chi connectivity index (χ1) is 11.5. The van der Waals surface area contributed by atoms with Crippen molar-refractivity contribution < 1.29 is 4.79 Å². The monoisotopic (exact) mass is 318 g/mol. The van der Waals surface area contributed by atoms with Gasteiger partial charge in [0, 0.05) is 30.4 Å². The highest BCUT2D eigenvalue weighted by atomic mass is 16.1. The molecule has 1 aliphatic rings. The van der Waals surface area contributed by atoms with E-state index >= 15 is 0 Å². The number of Topliss-reactive ketones (excluding diaryl/α,β-unsaturated/α-hetero) is 1. The Morgan fingerprint density at radius 1 is 1.04 bits per heavy atom. The molecule has 122 valence electrons. The molecule has 0 fully saturated rings. The molecular weight excluding hydrogens is 296 g/mol. The van der Waals surface area contributed by atoms with E-state index in [-0.39, 0.29) is 5.78 Å². The van der Waals surface area contributed by atoms with Gasteiger partial charge in [-0.3, -0.25) is 4.79 Å². The summed E-state index contributed by atoms with van der Waals surface area (Å²) in [5.74, 6) is 0.0844. The Kier molecular flexibility index (Phi) is 4.34. The summed E-state index contributed by atoms with van der Waals surface area (Å²) in [6.07, 6.45) is 1.89. The number of aryl methyl sites for hydroxylation is 1. The van der Waals surface area contributed by atoms with Crippen LogP contribution in [0.5, 0.6) is 0 Å². The van der Waals surface area contributed by atoms with E-state index in [0.717, 1.165) is 40.2 Å². The van der Waals surface area contributed by atoms with Crippen LogP contribution in [0, 0.1) is 6.92 Å². The number of rotatable bonds is 3. The number of fused-ring (bicyclic) bond motifs is 1. The van der Waals surface area contributed by atoms with Gasteiger partial charge in [-0.25, -0.2) is 4.99 Å². The van der Waals surface area contributed by atoms with Gasteiger partial charge in [-0.2, -0.15) is 0 Å². The van der Waals surface area contributed by atoms with Gasteiger partial charge >= 0.3 is 0 Å². The molecule has 0 atom stereocenters. The van der Waals surface area contributed by atoms with Gasteiger partial charge in [0.15, 0.2) is 5.78 Å². The van der Waals surface area contributed by atoms with Gasteiger partial charge in [0.2, 0.25) is 0 Å². The predicted molar refractivity (Wildman–Crippen MR) is 101 cm³/mol. The molecular formula is C21H22N2O. The number of anilines is 1. The van der Waals surface area contributed by atoms with Gasteiger partial charge in [-0.1, -0.05) is 24.3 Å². The van der Waals surface area contributed by atoms with Crippen molar-refractivity contribution in [3.8, 4) is 0 Å². The lowest BCUT2D eigenvalue weighted by molar-refractivity contribution is 0.103. The zero-order valence-corrected chi connectivity index (χ0v) is 14.6. The molecule has 0 radical (unpaired) electrons. The topological polar surface area (TPSA) is 32.7 Å². The smallest absolute Gasteiger partial charge is 0.189 e. The second-order valence-electron chi connectivity index (χ2n) is 6.18. The van der Waals surface area contributed by atoms with Crippen molar-refractivity contribution in [2.45, 2.75) is 20.8 Å². The highest BCUT2D eigenvalue weighted by molar-refractivity contribution is 6.26. The van der Waals surface area contributed by atoms with E-state index in [9.17, 15) is 4.79 Å². The largest absolute Gasteiger partial charge is 0.375 e. The van der Waals surface area contributed by atoms with Crippen LogP contribution in [0.4, 0.5) is 11.4 Å². The molecule has 0 bridgehead atoms. The first-order valence-electron chi connectivity index (χ1n) is 8.24. The minimum atomic E-state index is 0.0844. The Bertz CT molecular complexity index is 862. The summed E-state index contributed by atoms with van der Waals surface area (Å²) in [6, 6.07) is 14.0. The Morgan fingerprint density at radius 3 is 2.42 bits per heavy atom. The van der Waals surface area contributed by atoms with Gasteiger partial charge in [-0.05, 0) is 56.2 Å². The lowest BCUT2D eigenvalue weighted by atomic mass is 9.90. The number of benzene rings is 2. The molecule has 1 aliphatic carbocycles. The second-order valence-corrected chi connectivity index (χ2v) is 6.18. The third-order valence-corrected chi connectivity index (χ3v) is 4.50. The molecule has 0 saturated heterocycles. The Balaban J connectivity index is 2.07. The molecule has 0 aromatic heterocycles. The maximum atomic E-state index is 12.3. The van der Waals surface area contributed by atoms with Crippen LogP contribution < -0.4 is 4.90 Å². The van der Waals surface area contributed by atoms with Crippen molar-refractivity contribution in [3.05, 3.63) is 70.8 Å². The van der Waals surface area contributed by atoms with Gasteiger partial charge < -0.3 is 4.90 Å². The lowest BCUT2D eigenvalue weighted by Crippen LogP contribution is -2.16. The number of nitrogens with zero attached hydrogens (tertiary/aromatic N) is 2. The molecule has 0 spiro atoms. The lowest BCUT2D eigenvalue weighted by Gasteiger charge is -2.18. The van der Waals surface area contributed by atoms with Crippen LogP contribution in [-0.2, 0) is 0 Å². The van der Waals surface area contributed by atoms with Crippen molar-refractivity contribution in [1.82, 2.24) is 0 Å². The summed E-state index contributed by atoms with van der Waals surface area (Å²) in [5, 5.41) is 0. The van der Waals surface area contributed by atoms with E-state index in [0.29, 0.717) is 0 Å².